The van der Waals surface area contributed by atoms with Crippen molar-refractivity contribution >= 4 is 8.07 Å². The van der Waals surface area contributed by atoms with Crippen LogP contribution in [0.4, 0.5) is 0 Å². The zero-order chi connectivity index (χ0) is 10.5. The molecule has 0 aliphatic carbocycles. The van der Waals surface area contributed by atoms with E-state index in [-0.39, 0.29) is 11.8 Å². The minimum absolute atomic E-state index is 0.0318. The van der Waals surface area contributed by atoms with Gasteiger partial charge in [-0.1, -0.05) is 45.8 Å². The van der Waals surface area contributed by atoms with Crippen LogP contribution >= 0.6 is 0 Å². The SMILES string of the molecule is CCCCC[C@@H](O)[C@H](N)[Si](C)(C)C. The van der Waals surface area contributed by atoms with Crippen molar-refractivity contribution in [1.82, 2.24) is 0 Å². The van der Waals surface area contributed by atoms with Crippen LogP contribution in [0.1, 0.15) is 32.6 Å². The number of unbranched alkanes of at least 4 members (excludes halogenated alkanes) is 2. The van der Waals surface area contributed by atoms with Crippen LogP contribution in [-0.2, 0) is 0 Å². The molecule has 0 unspecified atom stereocenters. The fourth-order valence-corrected chi connectivity index (χ4v) is 2.68. The maximum Gasteiger partial charge on any atom is 0.0665 e. The molecule has 0 aromatic heterocycles. The second-order valence-corrected chi connectivity index (χ2v) is 10.4. The van der Waals surface area contributed by atoms with Gasteiger partial charge in [-0.15, -0.1) is 0 Å². The number of aliphatic hydroxyl groups is 1. The monoisotopic (exact) mass is 203 g/mol. The molecule has 0 aliphatic rings. The molecular formula is C10H25NOSi. The Morgan fingerprint density at radius 1 is 1.23 bits per heavy atom. The summed E-state index contributed by atoms with van der Waals surface area (Å²) >= 11 is 0. The van der Waals surface area contributed by atoms with E-state index in [1.165, 1.54) is 12.8 Å². The van der Waals surface area contributed by atoms with Crippen molar-refractivity contribution in [3.63, 3.8) is 0 Å². The van der Waals surface area contributed by atoms with Gasteiger partial charge < -0.3 is 10.8 Å². The summed E-state index contributed by atoms with van der Waals surface area (Å²) in [6.07, 6.45) is 4.11. The Hall–Kier alpha value is 0.137. The van der Waals surface area contributed by atoms with E-state index in [1.54, 1.807) is 0 Å². The van der Waals surface area contributed by atoms with Gasteiger partial charge in [0.25, 0.3) is 0 Å². The maximum atomic E-state index is 9.79. The van der Waals surface area contributed by atoms with Crippen molar-refractivity contribution in [3.05, 3.63) is 0 Å². The topological polar surface area (TPSA) is 46.2 Å². The van der Waals surface area contributed by atoms with Crippen molar-refractivity contribution in [2.45, 2.75) is 64.0 Å². The molecule has 0 fully saturated rings. The van der Waals surface area contributed by atoms with E-state index in [0.29, 0.717) is 0 Å². The molecule has 3 N–H and O–H groups in total. The first-order valence-corrected chi connectivity index (χ1v) is 8.91. The third kappa shape index (κ3) is 5.44. The van der Waals surface area contributed by atoms with Gasteiger partial charge in [0.15, 0.2) is 0 Å². The van der Waals surface area contributed by atoms with Crippen LogP contribution in [0.5, 0.6) is 0 Å². The normalized spacial score (nSPS) is 17.1. The third-order valence-corrected chi connectivity index (χ3v) is 4.90. The Balaban J connectivity index is 3.76. The van der Waals surface area contributed by atoms with E-state index in [4.69, 9.17) is 5.73 Å². The second-order valence-electron chi connectivity index (χ2n) is 4.95. The molecule has 2 atom stereocenters. The lowest BCUT2D eigenvalue weighted by Gasteiger charge is -2.29. The third-order valence-electron chi connectivity index (χ3n) is 2.52. The smallest absolute Gasteiger partial charge is 0.0665 e. The van der Waals surface area contributed by atoms with Gasteiger partial charge in [-0.3, -0.25) is 0 Å². The van der Waals surface area contributed by atoms with Crippen molar-refractivity contribution in [2.75, 3.05) is 0 Å². The van der Waals surface area contributed by atoms with Gasteiger partial charge in [-0.25, -0.2) is 0 Å². The summed E-state index contributed by atoms with van der Waals surface area (Å²) < 4.78 is 0. The average Bonchev–Trinajstić information content (AvgIpc) is 2.01. The molecule has 0 aliphatic heterocycles. The largest absolute Gasteiger partial charge is 0.392 e. The summed E-state index contributed by atoms with van der Waals surface area (Å²) in [4.78, 5) is 0. The van der Waals surface area contributed by atoms with Gasteiger partial charge >= 0.3 is 0 Å². The Bertz CT molecular complexity index is 133. The second kappa shape index (κ2) is 5.78. The highest BCUT2D eigenvalue weighted by molar-refractivity contribution is 6.77. The van der Waals surface area contributed by atoms with Crippen LogP contribution in [0.15, 0.2) is 0 Å². The first-order chi connectivity index (χ1) is 5.89. The summed E-state index contributed by atoms with van der Waals surface area (Å²) in [5.74, 6) is 0. The predicted molar refractivity (Wildman–Crippen MR) is 61.5 cm³/mol. The Morgan fingerprint density at radius 2 is 1.77 bits per heavy atom. The van der Waals surface area contributed by atoms with Crippen LogP contribution in [-0.4, -0.2) is 24.9 Å². The van der Waals surface area contributed by atoms with Gasteiger partial charge in [0.05, 0.1) is 14.2 Å². The summed E-state index contributed by atoms with van der Waals surface area (Å²) in [5, 5.41) is 9.79. The first-order valence-electron chi connectivity index (χ1n) is 5.33. The number of nitrogens with two attached hydrogens (primary N) is 1. The molecule has 0 amide bonds. The Kier molecular flexibility index (Phi) is 5.84. The zero-order valence-corrected chi connectivity index (χ0v) is 10.5. The Labute approximate surface area is 83.5 Å². The molecule has 0 saturated heterocycles. The molecule has 80 valence electrons. The molecular weight excluding hydrogens is 178 g/mol. The van der Waals surface area contributed by atoms with Crippen LogP contribution < -0.4 is 5.73 Å². The molecule has 0 spiro atoms. The lowest BCUT2D eigenvalue weighted by Crippen LogP contribution is -2.52. The number of rotatable bonds is 6. The van der Waals surface area contributed by atoms with Gasteiger partial charge in [-0.2, -0.15) is 0 Å². The fraction of sp³-hybridized carbons (Fsp3) is 1.00. The van der Waals surface area contributed by atoms with Gasteiger partial charge in [0, 0.05) is 5.67 Å². The van der Waals surface area contributed by atoms with Crippen molar-refractivity contribution < 1.29 is 5.11 Å². The number of hydrogen-bond acceptors (Lipinski definition) is 2. The molecule has 3 heteroatoms. The average molecular weight is 203 g/mol. The van der Waals surface area contributed by atoms with Gasteiger partial charge in [-0.05, 0) is 6.42 Å². The van der Waals surface area contributed by atoms with E-state index in [1.807, 2.05) is 0 Å². The van der Waals surface area contributed by atoms with E-state index in [0.717, 1.165) is 12.8 Å². The van der Waals surface area contributed by atoms with Crippen LogP contribution in [0.2, 0.25) is 19.6 Å². The summed E-state index contributed by atoms with van der Waals surface area (Å²) in [5.41, 5.74) is 6.02. The molecule has 0 saturated carbocycles. The fourth-order valence-electron chi connectivity index (χ4n) is 1.36. The molecule has 0 heterocycles. The van der Waals surface area contributed by atoms with E-state index in [9.17, 15) is 5.11 Å². The van der Waals surface area contributed by atoms with E-state index >= 15 is 0 Å². The highest BCUT2D eigenvalue weighted by Gasteiger charge is 2.28. The molecule has 0 aromatic carbocycles. The standard InChI is InChI=1S/C10H25NOSi/c1-5-6-7-8-9(12)10(11)13(2,3)4/h9-10,12H,5-8,11H2,1-4H3/t9-,10-/m1/s1. The molecule has 2 nitrogen and oxygen atoms in total. The summed E-state index contributed by atoms with van der Waals surface area (Å²) in [7, 11) is -1.36. The number of hydrogen-bond donors (Lipinski definition) is 2. The highest BCUT2D eigenvalue weighted by Crippen LogP contribution is 2.13. The molecule has 0 radical (unpaired) electrons. The van der Waals surface area contributed by atoms with E-state index in [2.05, 4.69) is 26.6 Å². The maximum absolute atomic E-state index is 9.79. The van der Waals surface area contributed by atoms with Gasteiger partial charge in [0.1, 0.15) is 0 Å². The zero-order valence-electron chi connectivity index (χ0n) is 9.51. The summed E-state index contributed by atoms with van der Waals surface area (Å²) in [6.45, 7) is 8.80. The van der Waals surface area contributed by atoms with Crippen molar-refractivity contribution in [1.29, 1.82) is 0 Å². The molecule has 0 rings (SSSR count). The quantitative estimate of drug-likeness (QED) is 0.513. The molecule has 13 heavy (non-hydrogen) atoms. The first kappa shape index (κ1) is 13.1. The van der Waals surface area contributed by atoms with Crippen LogP contribution in [0.25, 0.3) is 0 Å². The number of aliphatic hydroxyl groups excluding tert-OH is 1. The lowest BCUT2D eigenvalue weighted by atomic mass is 10.1. The van der Waals surface area contributed by atoms with Crippen LogP contribution in [0.3, 0.4) is 0 Å². The van der Waals surface area contributed by atoms with Crippen molar-refractivity contribution in [2.24, 2.45) is 5.73 Å². The predicted octanol–water partition coefficient (Wildman–Crippen LogP) is 2.13. The minimum Gasteiger partial charge on any atom is -0.392 e. The Morgan fingerprint density at radius 3 is 2.15 bits per heavy atom. The lowest BCUT2D eigenvalue weighted by molar-refractivity contribution is 0.153. The van der Waals surface area contributed by atoms with Crippen molar-refractivity contribution in [3.8, 4) is 0 Å². The molecule has 0 aromatic rings. The summed E-state index contributed by atoms with van der Waals surface area (Å²) in [6, 6.07) is 0. The van der Waals surface area contributed by atoms with Gasteiger partial charge in [0.2, 0.25) is 0 Å². The van der Waals surface area contributed by atoms with Crippen LogP contribution in [0, 0.1) is 0 Å². The molecule has 0 bridgehead atoms. The minimum atomic E-state index is -1.36. The highest BCUT2D eigenvalue weighted by atomic mass is 28.3. The van der Waals surface area contributed by atoms with E-state index < -0.39 is 8.07 Å².